The Morgan fingerprint density at radius 1 is 1.19 bits per heavy atom. The van der Waals surface area contributed by atoms with Crippen molar-refractivity contribution in [2.45, 2.75) is 62.8 Å². The zero-order valence-electron chi connectivity index (χ0n) is 15.3. The van der Waals surface area contributed by atoms with Gasteiger partial charge in [-0.05, 0) is 74.5 Å². The number of sulfonamides is 1. The highest BCUT2D eigenvalue weighted by Gasteiger charge is 2.39. The van der Waals surface area contributed by atoms with E-state index in [4.69, 9.17) is 0 Å². The predicted molar refractivity (Wildman–Crippen MR) is 100 cm³/mol. The highest BCUT2D eigenvalue weighted by Crippen LogP contribution is 2.46. The summed E-state index contributed by atoms with van der Waals surface area (Å²) < 4.78 is 28.8. The van der Waals surface area contributed by atoms with Crippen molar-refractivity contribution < 1.29 is 13.2 Å². The molecule has 3 aliphatic carbocycles. The van der Waals surface area contributed by atoms with Gasteiger partial charge >= 0.3 is 0 Å². The van der Waals surface area contributed by atoms with Crippen LogP contribution in [0.2, 0.25) is 0 Å². The van der Waals surface area contributed by atoms with Gasteiger partial charge in [-0.2, -0.15) is 0 Å². The molecule has 2 bridgehead atoms. The maximum absolute atomic E-state index is 12.9. The summed E-state index contributed by atoms with van der Waals surface area (Å²) in [6.45, 7) is 2.63. The molecule has 2 unspecified atom stereocenters. The Morgan fingerprint density at radius 3 is 2.65 bits per heavy atom. The Kier molecular flexibility index (Phi) is 4.82. The van der Waals surface area contributed by atoms with Crippen molar-refractivity contribution in [3.63, 3.8) is 0 Å². The highest BCUT2D eigenvalue weighted by atomic mass is 32.2. The first-order valence-corrected chi connectivity index (χ1v) is 11.4. The van der Waals surface area contributed by atoms with E-state index in [9.17, 15) is 13.2 Å². The van der Waals surface area contributed by atoms with Gasteiger partial charge in [0.2, 0.25) is 10.0 Å². The van der Waals surface area contributed by atoms with E-state index in [0.29, 0.717) is 23.9 Å². The Labute approximate surface area is 156 Å². The molecule has 0 radical (unpaired) electrons. The summed E-state index contributed by atoms with van der Waals surface area (Å²) in [4.78, 5) is 12.4. The third kappa shape index (κ3) is 3.41. The van der Waals surface area contributed by atoms with Gasteiger partial charge in [0.25, 0.3) is 5.91 Å². The molecule has 1 aliphatic heterocycles. The van der Waals surface area contributed by atoms with Gasteiger partial charge in [0.15, 0.2) is 0 Å². The van der Waals surface area contributed by atoms with Crippen LogP contribution in [0.25, 0.3) is 0 Å². The van der Waals surface area contributed by atoms with Crippen LogP contribution in [0.5, 0.6) is 0 Å². The first kappa shape index (κ1) is 18.0. The van der Waals surface area contributed by atoms with Gasteiger partial charge in [-0.15, -0.1) is 0 Å². The minimum atomic E-state index is -3.62. The van der Waals surface area contributed by atoms with Crippen LogP contribution < -0.4 is 10.0 Å². The van der Waals surface area contributed by atoms with E-state index in [1.54, 1.807) is 12.1 Å². The summed E-state index contributed by atoms with van der Waals surface area (Å²) in [7, 11) is -3.62. The van der Waals surface area contributed by atoms with Crippen molar-refractivity contribution in [1.82, 2.24) is 10.0 Å². The summed E-state index contributed by atoms with van der Waals surface area (Å²) in [6.07, 6.45) is 7.90. The Bertz CT molecular complexity index is 797. The van der Waals surface area contributed by atoms with E-state index in [1.807, 2.05) is 6.92 Å². The molecule has 1 aromatic rings. The SMILES string of the molecule is CC(NS(=O)(=O)c1ccc2c(c1)C(=O)NCCC2)C1CC2CCC1CC2. The Hall–Kier alpha value is -1.40. The maximum Gasteiger partial charge on any atom is 0.251 e. The number of hydrogen-bond donors (Lipinski definition) is 2. The van der Waals surface area contributed by atoms with Gasteiger partial charge in [0.1, 0.15) is 0 Å². The minimum absolute atomic E-state index is 0.0688. The first-order valence-electron chi connectivity index (χ1n) is 9.87. The second-order valence-electron chi connectivity index (χ2n) is 8.27. The fourth-order valence-corrected chi connectivity index (χ4v) is 6.49. The zero-order chi connectivity index (χ0) is 18.3. The number of aryl methyl sites for hydroxylation is 1. The zero-order valence-corrected chi connectivity index (χ0v) is 16.1. The standard InChI is InChI=1S/C20H28N2O3S/c1-13(18-11-14-4-6-16(18)7-5-14)22-26(24,25)17-9-8-15-3-2-10-21-20(23)19(15)12-17/h8-9,12-14,16,18,22H,2-7,10-11H2,1H3,(H,21,23). The van der Waals surface area contributed by atoms with Crippen LogP contribution >= 0.6 is 0 Å². The van der Waals surface area contributed by atoms with Gasteiger partial charge in [-0.25, -0.2) is 13.1 Å². The molecule has 1 aromatic carbocycles. The molecule has 0 saturated heterocycles. The quantitative estimate of drug-likeness (QED) is 0.848. The number of hydrogen-bond acceptors (Lipinski definition) is 3. The molecule has 1 amide bonds. The van der Waals surface area contributed by atoms with Crippen LogP contribution in [0.1, 0.15) is 61.4 Å². The predicted octanol–water partition coefficient (Wildman–Crippen LogP) is 2.86. The second kappa shape index (κ2) is 6.97. The van der Waals surface area contributed by atoms with Crippen molar-refractivity contribution in [1.29, 1.82) is 0 Å². The third-order valence-corrected chi connectivity index (χ3v) is 8.19. The molecule has 0 spiro atoms. The van der Waals surface area contributed by atoms with Crippen molar-refractivity contribution in [2.24, 2.45) is 17.8 Å². The topological polar surface area (TPSA) is 75.3 Å². The van der Waals surface area contributed by atoms with Gasteiger partial charge in [-0.3, -0.25) is 4.79 Å². The normalized spacial score (nSPS) is 29.6. The molecule has 0 aromatic heterocycles. The number of carbonyl (C=O) groups excluding carboxylic acids is 1. The molecule has 2 atom stereocenters. The number of nitrogens with one attached hydrogen (secondary N) is 2. The molecule has 5 rings (SSSR count). The van der Waals surface area contributed by atoms with Crippen molar-refractivity contribution >= 4 is 15.9 Å². The van der Waals surface area contributed by atoms with Crippen LogP contribution in [0.15, 0.2) is 23.1 Å². The lowest BCUT2D eigenvalue weighted by molar-refractivity contribution is 0.0810. The largest absolute Gasteiger partial charge is 0.352 e. The molecule has 1 heterocycles. The molecule has 142 valence electrons. The highest BCUT2D eigenvalue weighted by molar-refractivity contribution is 7.89. The summed E-state index contributed by atoms with van der Waals surface area (Å²) in [5.74, 6) is 1.68. The minimum Gasteiger partial charge on any atom is -0.352 e. The Balaban J connectivity index is 1.54. The fourth-order valence-electron chi connectivity index (χ4n) is 5.17. The van der Waals surface area contributed by atoms with E-state index in [0.717, 1.165) is 30.7 Å². The number of carbonyl (C=O) groups is 1. The summed E-state index contributed by atoms with van der Waals surface area (Å²) in [5, 5.41) is 2.84. The van der Waals surface area contributed by atoms with Crippen molar-refractivity contribution in [3.8, 4) is 0 Å². The van der Waals surface area contributed by atoms with Crippen LogP contribution in [-0.4, -0.2) is 26.9 Å². The average Bonchev–Trinajstić information content (AvgIpc) is 2.83. The fraction of sp³-hybridized carbons (Fsp3) is 0.650. The van der Waals surface area contributed by atoms with E-state index < -0.39 is 10.0 Å². The molecular formula is C20H28N2O3S. The third-order valence-electron chi connectivity index (χ3n) is 6.63. The summed E-state index contributed by atoms with van der Waals surface area (Å²) in [6, 6.07) is 4.90. The first-order chi connectivity index (χ1) is 12.4. The van der Waals surface area contributed by atoms with Gasteiger partial charge in [-0.1, -0.05) is 18.9 Å². The molecule has 4 aliphatic rings. The van der Waals surface area contributed by atoms with E-state index >= 15 is 0 Å². The van der Waals surface area contributed by atoms with Crippen LogP contribution in [0.3, 0.4) is 0 Å². The number of rotatable bonds is 4. The molecule has 2 N–H and O–H groups in total. The van der Waals surface area contributed by atoms with Crippen LogP contribution in [-0.2, 0) is 16.4 Å². The average molecular weight is 377 g/mol. The Morgan fingerprint density at radius 2 is 1.96 bits per heavy atom. The molecule has 3 fully saturated rings. The lowest BCUT2D eigenvalue weighted by atomic mass is 9.63. The molecule has 6 heteroatoms. The smallest absolute Gasteiger partial charge is 0.251 e. The van der Waals surface area contributed by atoms with E-state index in [-0.39, 0.29) is 16.8 Å². The van der Waals surface area contributed by atoms with E-state index in [2.05, 4.69) is 10.0 Å². The lowest BCUT2D eigenvalue weighted by Crippen LogP contribution is -2.45. The summed E-state index contributed by atoms with van der Waals surface area (Å²) in [5.41, 5.74) is 1.42. The van der Waals surface area contributed by atoms with Crippen molar-refractivity contribution in [3.05, 3.63) is 29.3 Å². The van der Waals surface area contributed by atoms with Crippen LogP contribution in [0.4, 0.5) is 0 Å². The number of fused-ring (bicyclic) bond motifs is 4. The molecule has 26 heavy (non-hydrogen) atoms. The maximum atomic E-state index is 12.9. The summed E-state index contributed by atoms with van der Waals surface area (Å²) >= 11 is 0. The van der Waals surface area contributed by atoms with E-state index in [1.165, 1.54) is 31.7 Å². The van der Waals surface area contributed by atoms with Gasteiger partial charge < -0.3 is 5.32 Å². The monoisotopic (exact) mass is 376 g/mol. The molecule has 5 nitrogen and oxygen atoms in total. The van der Waals surface area contributed by atoms with Gasteiger partial charge in [0.05, 0.1) is 4.90 Å². The number of benzene rings is 1. The van der Waals surface area contributed by atoms with Gasteiger partial charge in [0, 0.05) is 18.2 Å². The van der Waals surface area contributed by atoms with Crippen LogP contribution in [0, 0.1) is 17.8 Å². The number of amides is 1. The molecule has 3 saturated carbocycles. The molecular weight excluding hydrogens is 348 g/mol. The van der Waals surface area contributed by atoms with Crippen molar-refractivity contribution in [2.75, 3.05) is 6.54 Å². The second-order valence-corrected chi connectivity index (χ2v) is 9.98. The lowest BCUT2D eigenvalue weighted by Gasteiger charge is -2.45.